The molecule has 0 radical (unpaired) electrons. The number of alkyl halides is 3. The highest BCUT2D eigenvalue weighted by Crippen LogP contribution is 2.31. The molecule has 4 nitrogen and oxygen atoms in total. The van der Waals surface area contributed by atoms with Crippen molar-refractivity contribution in [2.45, 2.75) is 44.8 Å². The van der Waals surface area contributed by atoms with Gasteiger partial charge in [-0.15, -0.1) is 0 Å². The van der Waals surface area contributed by atoms with Crippen LogP contribution in [0.5, 0.6) is 0 Å². The molecule has 2 rings (SSSR count). The molecule has 0 bridgehead atoms. The second-order valence-corrected chi connectivity index (χ2v) is 8.71. The molecule has 0 N–H and O–H groups in total. The molecule has 2 aliphatic heterocycles. The van der Waals surface area contributed by atoms with E-state index in [1.54, 1.807) is 0 Å². The van der Waals surface area contributed by atoms with Crippen molar-refractivity contribution in [1.82, 2.24) is 14.7 Å². The van der Waals surface area contributed by atoms with Crippen LogP contribution in [-0.2, 0) is 4.79 Å². The molecule has 0 aromatic heterocycles. The van der Waals surface area contributed by atoms with Crippen molar-refractivity contribution in [2.75, 3.05) is 53.9 Å². The fraction of sp³-hybridized carbons (Fsp3) is 0.947. The molecule has 0 aliphatic carbocycles. The van der Waals surface area contributed by atoms with E-state index in [0.29, 0.717) is 43.8 Å². The van der Waals surface area contributed by atoms with Crippen molar-refractivity contribution in [2.24, 2.45) is 17.8 Å². The molecule has 2 aliphatic rings. The van der Waals surface area contributed by atoms with Crippen LogP contribution in [-0.4, -0.2) is 86.6 Å². The van der Waals surface area contributed by atoms with Gasteiger partial charge >= 0.3 is 6.18 Å². The van der Waals surface area contributed by atoms with E-state index >= 15 is 0 Å². The summed E-state index contributed by atoms with van der Waals surface area (Å²) in [6, 6.07) is 0.355. The maximum atomic E-state index is 12.6. The highest BCUT2D eigenvalue weighted by Gasteiger charge is 2.44. The first kappa shape index (κ1) is 21.6. The van der Waals surface area contributed by atoms with Gasteiger partial charge in [-0.1, -0.05) is 0 Å². The van der Waals surface area contributed by atoms with Crippen LogP contribution in [0.2, 0.25) is 0 Å². The summed E-state index contributed by atoms with van der Waals surface area (Å²) < 4.78 is 37.8. The summed E-state index contributed by atoms with van der Waals surface area (Å²) in [5.74, 6) is -1.08. The quantitative estimate of drug-likeness (QED) is 0.711. The van der Waals surface area contributed by atoms with Crippen LogP contribution in [0.15, 0.2) is 0 Å². The molecule has 0 amide bonds. The molecule has 0 aromatic rings. The van der Waals surface area contributed by atoms with Crippen LogP contribution >= 0.6 is 0 Å². The number of halogens is 3. The SMILES string of the molecule is CC(CC1CC(CN(C)C)CN(C)C1)N1CCC(C(=O)C(F)(F)F)CC1. The van der Waals surface area contributed by atoms with Crippen molar-refractivity contribution in [3.05, 3.63) is 0 Å². The van der Waals surface area contributed by atoms with E-state index in [2.05, 4.69) is 42.8 Å². The van der Waals surface area contributed by atoms with Gasteiger partial charge in [-0.2, -0.15) is 13.2 Å². The lowest BCUT2D eigenvalue weighted by Crippen LogP contribution is -2.46. The Bertz CT molecular complexity index is 459. The van der Waals surface area contributed by atoms with E-state index in [0.717, 1.165) is 26.1 Å². The highest BCUT2D eigenvalue weighted by molar-refractivity contribution is 5.86. The third-order valence-electron chi connectivity index (χ3n) is 5.91. The van der Waals surface area contributed by atoms with Crippen LogP contribution in [0.1, 0.15) is 32.6 Å². The van der Waals surface area contributed by atoms with Gasteiger partial charge in [0.1, 0.15) is 0 Å². The number of piperidine rings is 2. The van der Waals surface area contributed by atoms with Gasteiger partial charge < -0.3 is 14.7 Å². The summed E-state index contributed by atoms with van der Waals surface area (Å²) in [6.45, 7) is 6.70. The zero-order valence-corrected chi connectivity index (χ0v) is 16.6. The van der Waals surface area contributed by atoms with Gasteiger partial charge in [-0.3, -0.25) is 4.79 Å². The van der Waals surface area contributed by atoms with E-state index in [-0.39, 0.29) is 0 Å². The van der Waals surface area contributed by atoms with Crippen molar-refractivity contribution < 1.29 is 18.0 Å². The van der Waals surface area contributed by atoms with E-state index in [4.69, 9.17) is 0 Å². The van der Waals surface area contributed by atoms with Gasteiger partial charge in [0.2, 0.25) is 5.78 Å². The summed E-state index contributed by atoms with van der Waals surface area (Å²) >= 11 is 0. The topological polar surface area (TPSA) is 26.8 Å². The molecule has 7 heteroatoms. The van der Waals surface area contributed by atoms with Crippen LogP contribution < -0.4 is 0 Å². The van der Waals surface area contributed by atoms with Crippen LogP contribution in [0.3, 0.4) is 0 Å². The molecule has 3 unspecified atom stereocenters. The number of rotatable bonds is 6. The van der Waals surface area contributed by atoms with Crippen LogP contribution in [0.25, 0.3) is 0 Å². The first-order valence-corrected chi connectivity index (χ1v) is 9.74. The zero-order valence-electron chi connectivity index (χ0n) is 16.6. The van der Waals surface area contributed by atoms with Gasteiger partial charge in [0, 0.05) is 31.6 Å². The molecule has 0 aromatic carbocycles. The molecular weight excluding hydrogens is 343 g/mol. The first-order valence-electron chi connectivity index (χ1n) is 9.74. The first-order chi connectivity index (χ1) is 12.1. The van der Waals surface area contributed by atoms with E-state index < -0.39 is 17.9 Å². The fourth-order valence-electron chi connectivity index (χ4n) is 4.86. The van der Waals surface area contributed by atoms with Crippen LogP contribution in [0.4, 0.5) is 13.2 Å². The van der Waals surface area contributed by atoms with E-state index in [1.807, 2.05) is 0 Å². The minimum atomic E-state index is -4.69. The molecule has 26 heavy (non-hydrogen) atoms. The molecule has 3 atom stereocenters. The maximum absolute atomic E-state index is 12.6. The number of hydrogen-bond acceptors (Lipinski definition) is 4. The summed E-state index contributed by atoms with van der Waals surface area (Å²) in [5.41, 5.74) is 0. The lowest BCUT2D eigenvalue weighted by molar-refractivity contribution is -0.177. The number of carbonyl (C=O) groups is 1. The lowest BCUT2D eigenvalue weighted by Gasteiger charge is -2.41. The molecular formula is C19H34F3N3O. The van der Waals surface area contributed by atoms with Crippen molar-refractivity contribution in [3.63, 3.8) is 0 Å². The minimum absolute atomic E-state index is 0.330. The monoisotopic (exact) mass is 377 g/mol. The summed E-state index contributed by atoms with van der Waals surface area (Å²) in [5, 5.41) is 0. The Labute approximate surface area is 155 Å². The molecule has 2 fully saturated rings. The predicted molar refractivity (Wildman–Crippen MR) is 97.1 cm³/mol. The Kier molecular flexibility index (Phi) is 7.51. The largest absolute Gasteiger partial charge is 0.450 e. The number of Topliss-reactive ketones (excluding diaryl/α,β-unsaturated/α-hetero) is 1. The maximum Gasteiger partial charge on any atom is 0.450 e. The predicted octanol–water partition coefficient (Wildman–Crippen LogP) is 2.74. The van der Waals surface area contributed by atoms with Crippen molar-refractivity contribution in [1.29, 1.82) is 0 Å². The smallest absolute Gasteiger partial charge is 0.309 e. The third kappa shape index (κ3) is 6.20. The number of carbonyl (C=O) groups excluding carboxylic acids is 1. The second kappa shape index (κ2) is 9.02. The Morgan fingerprint density at radius 1 is 1.15 bits per heavy atom. The summed E-state index contributed by atoms with van der Waals surface area (Å²) in [4.78, 5) is 18.3. The molecule has 0 saturated carbocycles. The fourth-order valence-corrected chi connectivity index (χ4v) is 4.86. The number of ketones is 1. The van der Waals surface area contributed by atoms with Crippen molar-refractivity contribution >= 4 is 5.78 Å². The molecule has 2 heterocycles. The highest BCUT2D eigenvalue weighted by atomic mass is 19.4. The van der Waals surface area contributed by atoms with Gasteiger partial charge in [0.15, 0.2) is 0 Å². The number of hydrogen-bond donors (Lipinski definition) is 0. The van der Waals surface area contributed by atoms with E-state index in [1.165, 1.54) is 6.42 Å². The number of likely N-dealkylation sites (tertiary alicyclic amines) is 2. The van der Waals surface area contributed by atoms with Crippen LogP contribution in [0, 0.1) is 17.8 Å². The minimum Gasteiger partial charge on any atom is -0.309 e. The standard InChI is InChI=1S/C19H34F3N3O/c1-14(9-15-10-16(11-23(2)3)13-24(4)12-15)25-7-5-17(6-8-25)18(26)19(20,21)22/h14-17H,5-13H2,1-4H3. The average Bonchev–Trinajstić information content (AvgIpc) is 2.52. The summed E-state index contributed by atoms with van der Waals surface area (Å²) in [7, 11) is 6.39. The van der Waals surface area contributed by atoms with E-state index in [9.17, 15) is 18.0 Å². The zero-order chi connectivity index (χ0) is 19.5. The van der Waals surface area contributed by atoms with Gasteiger partial charge in [0.25, 0.3) is 0 Å². The third-order valence-corrected chi connectivity index (χ3v) is 5.91. The van der Waals surface area contributed by atoms with Gasteiger partial charge in [-0.05, 0) is 78.7 Å². The Morgan fingerprint density at radius 2 is 1.73 bits per heavy atom. The molecule has 0 spiro atoms. The second-order valence-electron chi connectivity index (χ2n) is 8.71. The lowest BCUT2D eigenvalue weighted by atomic mass is 9.84. The van der Waals surface area contributed by atoms with Gasteiger partial charge in [0.05, 0.1) is 0 Å². The molecule has 152 valence electrons. The Morgan fingerprint density at radius 3 is 2.27 bits per heavy atom. The van der Waals surface area contributed by atoms with Gasteiger partial charge in [-0.25, -0.2) is 0 Å². The summed E-state index contributed by atoms with van der Waals surface area (Å²) in [6.07, 6.45) is -1.73. The number of nitrogens with zero attached hydrogens (tertiary/aromatic N) is 3. The molecule has 2 saturated heterocycles. The average molecular weight is 377 g/mol. The Hall–Kier alpha value is -0.660. The Balaban J connectivity index is 1.81. The van der Waals surface area contributed by atoms with Crippen molar-refractivity contribution in [3.8, 4) is 0 Å². The normalized spacial score (nSPS) is 28.5.